The lowest BCUT2D eigenvalue weighted by atomic mass is 9.99. The van der Waals surface area contributed by atoms with Crippen molar-refractivity contribution in [1.82, 2.24) is 15.2 Å². The number of anilines is 1. The highest BCUT2D eigenvalue weighted by molar-refractivity contribution is 7.19. The molecule has 2 N–H and O–H groups in total. The molecule has 5 nitrogen and oxygen atoms in total. The summed E-state index contributed by atoms with van der Waals surface area (Å²) in [7, 11) is 0. The Balaban J connectivity index is 1.36. The van der Waals surface area contributed by atoms with Gasteiger partial charge in [-0.3, -0.25) is 10.2 Å². The van der Waals surface area contributed by atoms with Gasteiger partial charge in [0.05, 0.1) is 4.88 Å². The van der Waals surface area contributed by atoms with Crippen molar-refractivity contribution in [1.29, 1.82) is 0 Å². The van der Waals surface area contributed by atoms with Crippen molar-refractivity contribution in [2.45, 2.75) is 37.8 Å². The van der Waals surface area contributed by atoms with Crippen LogP contribution < -0.4 is 10.6 Å². The molecule has 2 aliphatic rings. The number of hydrogen-bond acceptors (Lipinski definition) is 4. The van der Waals surface area contributed by atoms with Gasteiger partial charge < -0.3 is 5.32 Å². The third-order valence-electron chi connectivity index (χ3n) is 4.96. The molecule has 0 spiro atoms. The largest absolute Gasteiger partial charge is 0.333 e. The molecule has 1 aromatic carbocycles. The number of carbonyl (C=O) groups excluding carboxylic acids is 1. The summed E-state index contributed by atoms with van der Waals surface area (Å²) >= 11 is 1.50. The Morgan fingerprint density at radius 3 is 2.92 bits per heavy atom. The van der Waals surface area contributed by atoms with E-state index < -0.39 is 0 Å². The molecule has 2 amide bonds. The van der Waals surface area contributed by atoms with Crippen LogP contribution >= 0.6 is 11.3 Å². The highest BCUT2D eigenvalue weighted by atomic mass is 32.1. The molecule has 6 heteroatoms. The second-order valence-corrected chi connectivity index (χ2v) is 7.52. The SMILES string of the molecule is O=C(Nc1ncc(-c2ccccc2)s1)N[C@H]1CCN2CCCC[C@@H]12. The predicted octanol–water partition coefficient (Wildman–Crippen LogP) is 3.56. The molecule has 0 bridgehead atoms. The number of nitrogens with one attached hydrogen (secondary N) is 2. The molecule has 24 heavy (non-hydrogen) atoms. The Morgan fingerprint density at radius 1 is 1.17 bits per heavy atom. The number of amides is 2. The molecule has 0 aliphatic carbocycles. The first-order valence-corrected chi connectivity index (χ1v) is 9.44. The van der Waals surface area contributed by atoms with Crippen LogP contribution in [0.3, 0.4) is 0 Å². The molecule has 3 heterocycles. The summed E-state index contributed by atoms with van der Waals surface area (Å²) in [5.74, 6) is 0. The molecule has 2 aromatic rings. The Morgan fingerprint density at radius 2 is 2.04 bits per heavy atom. The zero-order valence-corrected chi connectivity index (χ0v) is 14.4. The molecular formula is C18H22N4OS. The van der Waals surface area contributed by atoms with Crippen LogP contribution in [0.25, 0.3) is 10.4 Å². The van der Waals surface area contributed by atoms with Crippen molar-refractivity contribution in [2.24, 2.45) is 0 Å². The minimum absolute atomic E-state index is 0.138. The Bertz CT molecular complexity index is 702. The summed E-state index contributed by atoms with van der Waals surface area (Å²) in [6, 6.07) is 10.7. The van der Waals surface area contributed by atoms with Crippen molar-refractivity contribution in [3.05, 3.63) is 36.5 Å². The van der Waals surface area contributed by atoms with Gasteiger partial charge in [-0.2, -0.15) is 0 Å². The number of piperidine rings is 1. The summed E-state index contributed by atoms with van der Waals surface area (Å²) in [5, 5.41) is 6.69. The van der Waals surface area contributed by atoms with Gasteiger partial charge in [-0.25, -0.2) is 9.78 Å². The molecule has 126 valence electrons. The van der Waals surface area contributed by atoms with Gasteiger partial charge in [0.1, 0.15) is 0 Å². The lowest BCUT2D eigenvalue weighted by molar-refractivity contribution is 0.180. The minimum atomic E-state index is -0.138. The second-order valence-electron chi connectivity index (χ2n) is 6.49. The summed E-state index contributed by atoms with van der Waals surface area (Å²) in [6.45, 7) is 2.28. The number of urea groups is 1. The number of nitrogens with zero attached hydrogens (tertiary/aromatic N) is 2. The first kappa shape index (κ1) is 15.6. The van der Waals surface area contributed by atoms with Gasteiger partial charge in [-0.05, 0) is 31.4 Å². The average molecular weight is 342 g/mol. The van der Waals surface area contributed by atoms with Crippen LogP contribution in [0.2, 0.25) is 0 Å². The lowest BCUT2D eigenvalue weighted by Gasteiger charge is -2.32. The van der Waals surface area contributed by atoms with E-state index >= 15 is 0 Å². The number of aromatic nitrogens is 1. The van der Waals surface area contributed by atoms with E-state index in [0.717, 1.165) is 23.4 Å². The normalized spacial score (nSPS) is 23.7. The highest BCUT2D eigenvalue weighted by Crippen LogP contribution is 2.29. The Hall–Kier alpha value is -1.92. The fourth-order valence-corrected chi connectivity index (χ4v) is 4.60. The predicted molar refractivity (Wildman–Crippen MR) is 97.3 cm³/mol. The van der Waals surface area contributed by atoms with E-state index in [-0.39, 0.29) is 12.1 Å². The smallest absolute Gasteiger partial charge is 0.321 e. The number of benzene rings is 1. The number of fused-ring (bicyclic) bond motifs is 1. The standard InChI is InChI=1S/C18H22N4OS/c23-17(20-14-9-11-22-10-5-4-8-15(14)22)21-18-19-12-16(24-18)13-6-2-1-3-7-13/h1-3,6-7,12,14-15H,4-5,8-11H2,(H2,19,20,21,23)/t14-,15-/m0/s1. The number of rotatable bonds is 3. The zero-order valence-electron chi connectivity index (χ0n) is 13.6. The van der Waals surface area contributed by atoms with E-state index in [1.165, 1.54) is 37.1 Å². The van der Waals surface area contributed by atoms with Gasteiger partial charge in [-0.1, -0.05) is 48.1 Å². The van der Waals surface area contributed by atoms with E-state index in [2.05, 4.69) is 20.5 Å². The molecule has 2 atom stereocenters. The molecule has 0 radical (unpaired) electrons. The van der Waals surface area contributed by atoms with Crippen molar-refractivity contribution in [3.63, 3.8) is 0 Å². The van der Waals surface area contributed by atoms with E-state index in [9.17, 15) is 4.79 Å². The number of thiazole rings is 1. The summed E-state index contributed by atoms with van der Waals surface area (Å²) in [6.07, 6.45) is 6.62. The molecule has 2 fully saturated rings. The van der Waals surface area contributed by atoms with E-state index in [1.807, 2.05) is 36.5 Å². The maximum Gasteiger partial charge on any atom is 0.321 e. The van der Waals surface area contributed by atoms with E-state index in [1.54, 1.807) is 0 Å². The van der Waals surface area contributed by atoms with Crippen LogP contribution in [0.15, 0.2) is 36.5 Å². The minimum Gasteiger partial charge on any atom is -0.333 e. The van der Waals surface area contributed by atoms with Gasteiger partial charge >= 0.3 is 6.03 Å². The van der Waals surface area contributed by atoms with E-state index in [4.69, 9.17) is 0 Å². The van der Waals surface area contributed by atoms with Crippen LogP contribution in [0, 0.1) is 0 Å². The Labute approximate surface area is 146 Å². The van der Waals surface area contributed by atoms with E-state index in [0.29, 0.717) is 11.2 Å². The topological polar surface area (TPSA) is 57.3 Å². The molecule has 2 aliphatic heterocycles. The average Bonchev–Trinajstić information content (AvgIpc) is 3.23. The van der Waals surface area contributed by atoms with Crippen LogP contribution in [-0.2, 0) is 0 Å². The Kier molecular flexibility index (Phi) is 4.49. The van der Waals surface area contributed by atoms with Crippen LogP contribution in [0.4, 0.5) is 9.93 Å². The van der Waals surface area contributed by atoms with Gasteiger partial charge in [0.25, 0.3) is 0 Å². The highest BCUT2D eigenvalue weighted by Gasteiger charge is 2.36. The summed E-state index contributed by atoms with van der Waals surface area (Å²) in [5.41, 5.74) is 1.12. The molecular weight excluding hydrogens is 320 g/mol. The van der Waals surface area contributed by atoms with Gasteiger partial charge in [0.15, 0.2) is 5.13 Å². The number of hydrogen-bond donors (Lipinski definition) is 2. The van der Waals surface area contributed by atoms with Crippen molar-refractivity contribution in [2.75, 3.05) is 18.4 Å². The van der Waals surface area contributed by atoms with Crippen LogP contribution in [-0.4, -0.2) is 41.1 Å². The fraction of sp³-hybridized carbons (Fsp3) is 0.444. The maximum atomic E-state index is 12.3. The van der Waals surface area contributed by atoms with Crippen LogP contribution in [0.5, 0.6) is 0 Å². The van der Waals surface area contributed by atoms with Crippen LogP contribution in [0.1, 0.15) is 25.7 Å². The second kappa shape index (κ2) is 6.91. The monoisotopic (exact) mass is 342 g/mol. The van der Waals surface area contributed by atoms with Gasteiger partial charge in [-0.15, -0.1) is 0 Å². The molecule has 0 unspecified atom stereocenters. The summed E-state index contributed by atoms with van der Waals surface area (Å²) < 4.78 is 0. The molecule has 0 saturated carbocycles. The van der Waals surface area contributed by atoms with Crippen molar-refractivity contribution < 1.29 is 4.79 Å². The summed E-state index contributed by atoms with van der Waals surface area (Å²) in [4.78, 5) is 20.2. The third-order valence-corrected chi connectivity index (χ3v) is 5.92. The number of carbonyl (C=O) groups is 1. The lowest BCUT2D eigenvalue weighted by Crippen LogP contribution is -2.47. The van der Waals surface area contributed by atoms with Crippen molar-refractivity contribution in [3.8, 4) is 10.4 Å². The first-order chi connectivity index (χ1) is 11.8. The van der Waals surface area contributed by atoms with Crippen molar-refractivity contribution >= 4 is 22.5 Å². The first-order valence-electron chi connectivity index (χ1n) is 8.62. The molecule has 1 aromatic heterocycles. The molecule has 2 saturated heterocycles. The van der Waals surface area contributed by atoms with Gasteiger partial charge in [0, 0.05) is 24.8 Å². The third kappa shape index (κ3) is 3.30. The quantitative estimate of drug-likeness (QED) is 0.897. The maximum absolute atomic E-state index is 12.3. The zero-order chi connectivity index (χ0) is 16.4. The fourth-order valence-electron chi connectivity index (χ4n) is 3.79. The van der Waals surface area contributed by atoms with Gasteiger partial charge in [0.2, 0.25) is 0 Å². The molecule has 4 rings (SSSR count).